The van der Waals surface area contributed by atoms with Crippen LogP contribution in [0.1, 0.15) is 0 Å². The lowest BCUT2D eigenvalue weighted by Crippen LogP contribution is -2.32. The molecular weight excluding hydrogens is 292 g/mol. The van der Waals surface area contributed by atoms with Crippen LogP contribution in [0.4, 0.5) is 0 Å². The highest BCUT2D eigenvalue weighted by Crippen LogP contribution is 2.17. The van der Waals surface area contributed by atoms with Crippen LogP contribution >= 0.6 is 15.9 Å². The zero-order valence-corrected chi connectivity index (χ0v) is 10.4. The minimum atomic E-state index is -0.668. The number of halogens is 1. The summed E-state index contributed by atoms with van der Waals surface area (Å²) < 4.78 is 6.02. The molecule has 1 aromatic carbocycles. The predicted octanol–water partition coefficient (Wildman–Crippen LogP) is 0.361. The third-order valence-electron chi connectivity index (χ3n) is 1.57. The number of benzene rings is 1. The van der Waals surface area contributed by atoms with Gasteiger partial charge in [0, 0.05) is 4.47 Å². The highest BCUT2D eigenvalue weighted by molar-refractivity contribution is 9.10. The number of amides is 2. The van der Waals surface area contributed by atoms with Gasteiger partial charge in [-0.3, -0.25) is 14.4 Å². The maximum Gasteiger partial charge on any atom is 0.281 e. The monoisotopic (exact) mass is 302 g/mol. The van der Waals surface area contributed by atoms with Crippen molar-refractivity contribution in [3.63, 3.8) is 0 Å². The van der Waals surface area contributed by atoms with Gasteiger partial charge in [0.1, 0.15) is 5.75 Å². The molecule has 0 fully saturated rings. The molecule has 6 nitrogen and oxygen atoms in total. The predicted molar refractivity (Wildman–Crippen MR) is 62.9 cm³/mol. The number of ether oxygens (including phenoxy) is 1. The van der Waals surface area contributed by atoms with Crippen molar-refractivity contribution in [1.82, 2.24) is 5.48 Å². The summed E-state index contributed by atoms with van der Waals surface area (Å²) in [7, 11) is 0. The number of hydrogen-bond donors (Lipinski definition) is 2. The normalized spacial score (nSPS) is 9.71. The second-order valence-corrected chi connectivity index (χ2v) is 3.94. The molecule has 0 aromatic heterocycles. The summed E-state index contributed by atoms with van der Waals surface area (Å²) in [4.78, 5) is 26.0. The summed E-state index contributed by atoms with van der Waals surface area (Å²) in [5, 5.41) is 0. The molecule has 92 valence electrons. The van der Waals surface area contributed by atoms with Crippen molar-refractivity contribution in [2.75, 3.05) is 13.2 Å². The molecule has 0 aliphatic rings. The van der Waals surface area contributed by atoms with E-state index in [1.165, 1.54) is 0 Å². The number of primary amides is 1. The second-order valence-electron chi connectivity index (χ2n) is 3.03. The second kappa shape index (κ2) is 6.87. The maximum atomic E-state index is 11.2. The molecule has 0 spiro atoms. The van der Waals surface area contributed by atoms with Gasteiger partial charge in [-0.25, -0.2) is 5.48 Å². The molecule has 17 heavy (non-hydrogen) atoms. The zero-order valence-electron chi connectivity index (χ0n) is 8.81. The van der Waals surface area contributed by atoms with Crippen molar-refractivity contribution in [2.24, 2.45) is 5.73 Å². The van der Waals surface area contributed by atoms with Crippen molar-refractivity contribution in [3.05, 3.63) is 28.7 Å². The zero-order chi connectivity index (χ0) is 12.7. The van der Waals surface area contributed by atoms with Crippen LogP contribution in [0.15, 0.2) is 28.7 Å². The number of rotatable bonds is 6. The summed E-state index contributed by atoms with van der Waals surface area (Å²) in [6, 6.07) is 7.05. The van der Waals surface area contributed by atoms with Crippen molar-refractivity contribution in [3.8, 4) is 5.75 Å². The number of carbonyl (C=O) groups excluding carboxylic acids is 2. The third kappa shape index (κ3) is 5.88. The molecule has 0 atom stereocenters. The van der Waals surface area contributed by atoms with Crippen molar-refractivity contribution >= 4 is 27.7 Å². The van der Waals surface area contributed by atoms with Crippen LogP contribution in [-0.2, 0) is 14.4 Å². The Labute approximate surface area is 106 Å². The molecule has 0 saturated heterocycles. The first-order valence-corrected chi connectivity index (χ1v) is 5.44. The standard InChI is InChI=1S/C10H11BrN2O4/c11-7-2-1-3-8(4-7)16-6-10(15)13-17-5-9(12)14/h1-4H,5-6H2,(H2,12,14)(H,13,15). The average Bonchev–Trinajstić information content (AvgIpc) is 2.26. The van der Waals surface area contributed by atoms with Crippen LogP contribution in [0.3, 0.4) is 0 Å². The lowest BCUT2D eigenvalue weighted by molar-refractivity contribution is -0.139. The fourth-order valence-corrected chi connectivity index (χ4v) is 1.30. The van der Waals surface area contributed by atoms with Gasteiger partial charge in [0.05, 0.1) is 0 Å². The van der Waals surface area contributed by atoms with Crippen molar-refractivity contribution in [2.45, 2.75) is 0 Å². The highest BCUT2D eigenvalue weighted by atomic mass is 79.9. The molecule has 0 aliphatic carbocycles. The number of hydrogen-bond acceptors (Lipinski definition) is 4. The molecule has 1 rings (SSSR count). The van der Waals surface area contributed by atoms with E-state index in [2.05, 4.69) is 20.8 Å². The van der Waals surface area contributed by atoms with Crippen LogP contribution in [0.2, 0.25) is 0 Å². The van der Waals surface area contributed by atoms with Crippen LogP contribution in [0.25, 0.3) is 0 Å². The third-order valence-corrected chi connectivity index (χ3v) is 2.06. The van der Waals surface area contributed by atoms with E-state index in [-0.39, 0.29) is 13.2 Å². The quantitative estimate of drug-likeness (QED) is 0.742. The molecule has 1 aromatic rings. The molecule has 3 N–H and O–H groups in total. The van der Waals surface area contributed by atoms with Gasteiger partial charge >= 0.3 is 0 Å². The van der Waals surface area contributed by atoms with Gasteiger partial charge in [0.15, 0.2) is 13.2 Å². The largest absolute Gasteiger partial charge is 0.484 e. The van der Waals surface area contributed by atoms with Crippen molar-refractivity contribution < 1.29 is 19.2 Å². The van der Waals surface area contributed by atoms with Crippen LogP contribution in [0.5, 0.6) is 5.75 Å². The Balaban J connectivity index is 2.26. The lowest BCUT2D eigenvalue weighted by atomic mass is 10.3. The average molecular weight is 303 g/mol. The van der Waals surface area contributed by atoms with E-state index in [1.54, 1.807) is 18.2 Å². The van der Waals surface area contributed by atoms with Gasteiger partial charge in [-0.2, -0.15) is 0 Å². The Hall–Kier alpha value is -1.60. The van der Waals surface area contributed by atoms with Crippen molar-refractivity contribution in [1.29, 1.82) is 0 Å². The molecule has 0 radical (unpaired) electrons. The molecule has 7 heteroatoms. The minimum Gasteiger partial charge on any atom is -0.484 e. The maximum absolute atomic E-state index is 11.2. The summed E-state index contributed by atoms with van der Waals surface area (Å²) in [6.07, 6.45) is 0. The Morgan fingerprint density at radius 2 is 2.12 bits per heavy atom. The lowest BCUT2D eigenvalue weighted by Gasteiger charge is -2.06. The summed E-state index contributed by atoms with van der Waals surface area (Å²) in [5.41, 5.74) is 6.83. The molecule has 0 bridgehead atoms. The molecule has 0 saturated carbocycles. The topological polar surface area (TPSA) is 90.7 Å². The van der Waals surface area contributed by atoms with Crippen LogP contribution < -0.4 is 16.0 Å². The summed E-state index contributed by atoms with van der Waals surface area (Å²) in [6.45, 7) is -0.585. The molecule has 0 aliphatic heterocycles. The van der Waals surface area contributed by atoms with E-state index in [9.17, 15) is 9.59 Å². The van der Waals surface area contributed by atoms with Gasteiger partial charge in [-0.1, -0.05) is 22.0 Å². The Kier molecular flexibility index (Phi) is 5.44. The van der Waals surface area contributed by atoms with E-state index in [1.807, 2.05) is 11.5 Å². The van der Waals surface area contributed by atoms with E-state index in [4.69, 9.17) is 10.5 Å². The Bertz CT molecular complexity index is 411. The molecule has 0 unspecified atom stereocenters. The number of hydroxylamine groups is 1. The van der Waals surface area contributed by atoms with Gasteiger partial charge in [0.25, 0.3) is 5.91 Å². The number of nitrogens with one attached hydrogen (secondary N) is 1. The fraction of sp³-hybridized carbons (Fsp3) is 0.200. The number of nitrogens with two attached hydrogens (primary N) is 1. The van der Waals surface area contributed by atoms with E-state index in [0.717, 1.165) is 4.47 Å². The minimum absolute atomic E-state index is 0.213. The highest BCUT2D eigenvalue weighted by Gasteiger charge is 2.03. The first kappa shape index (κ1) is 13.5. The summed E-state index contributed by atoms with van der Waals surface area (Å²) >= 11 is 3.27. The van der Waals surface area contributed by atoms with Gasteiger partial charge in [-0.05, 0) is 18.2 Å². The van der Waals surface area contributed by atoms with Gasteiger partial charge in [-0.15, -0.1) is 0 Å². The van der Waals surface area contributed by atoms with E-state index in [0.29, 0.717) is 5.75 Å². The summed E-state index contributed by atoms with van der Waals surface area (Å²) in [5.74, 6) is -0.631. The van der Waals surface area contributed by atoms with E-state index >= 15 is 0 Å². The van der Waals surface area contributed by atoms with E-state index < -0.39 is 11.8 Å². The first-order valence-electron chi connectivity index (χ1n) is 4.65. The Morgan fingerprint density at radius 1 is 1.35 bits per heavy atom. The van der Waals surface area contributed by atoms with Crippen LogP contribution in [0, 0.1) is 0 Å². The number of carbonyl (C=O) groups is 2. The van der Waals surface area contributed by atoms with Gasteiger partial charge < -0.3 is 10.5 Å². The Morgan fingerprint density at radius 3 is 2.76 bits per heavy atom. The SMILES string of the molecule is NC(=O)CONC(=O)COc1cccc(Br)c1. The smallest absolute Gasteiger partial charge is 0.281 e. The molecular formula is C10H11BrN2O4. The fourth-order valence-electron chi connectivity index (χ4n) is 0.923. The molecule has 2 amide bonds. The first-order chi connectivity index (χ1) is 8.08. The van der Waals surface area contributed by atoms with Gasteiger partial charge in [0.2, 0.25) is 5.91 Å². The van der Waals surface area contributed by atoms with Crippen LogP contribution in [-0.4, -0.2) is 25.0 Å². The molecule has 0 heterocycles.